The molecule has 0 atom stereocenters. The number of halogens is 1. The number of hydrogen-bond acceptors (Lipinski definition) is 2. The van der Waals surface area contributed by atoms with Gasteiger partial charge in [0.1, 0.15) is 11.5 Å². The number of hydrogen-bond donors (Lipinski definition) is 2. The van der Waals surface area contributed by atoms with E-state index in [1.165, 1.54) is 12.1 Å². The van der Waals surface area contributed by atoms with Crippen molar-refractivity contribution in [1.29, 1.82) is 0 Å². The molecular formula is C19H18FN3O. The molecule has 0 saturated heterocycles. The van der Waals surface area contributed by atoms with Gasteiger partial charge < -0.3 is 5.32 Å². The van der Waals surface area contributed by atoms with E-state index < -0.39 is 0 Å². The molecule has 1 aromatic heterocycles. The summed E-state index contributed by atoms with van der Waals surface area (Å²) in [4.78, 5) is 12.4. The summed E-state index contributed by atoms with van der Waals surface area (Å²) in [5.74, 6) is -0.469. The van der Waals surface area contributed by atoms with Crippen LogP contribution < -0.4 is 5.32 Å². The highest BCUT2D eigenvalue weighted by atomic mass is 19.1. The SMILES string of the molecule is CCc1[nH]nc(-c2ccccc2)c1NC(=O)Cc1ccc(F)cc1. The first-order valence-corrected chi connectivity index (χ1v) is 7.84. The number of aromatic amines is 1. The molecule has 0 spiro atoms. The molecule has 1 heterocycles. The quantitative estimate of drug-likeness (QED) is 0.746. The summed E-state index contributed by atoms with van der Waals surface area (Å²) in [5, 5.41) is 10.3. The summed E-state index contributed by atoms with van der Waals surface area (Å²) in [6.07, 6.45) is 0.912. The van der Waals surface area contributed by atoms with Crippen LogP contribution in [0.1, 0.15) is 18.2 Å². The van der Waals surface area contributed by atoms with Crippen LogP contribution >= 0.6 is 0 Å². The molecule has 0 bridgehead atoms. The average molecular weight is 323 g/mol. The van der Waals surface area contributed by atoms with Gasteiger partial charge in [0.05, 0.1) is 17.8 Å². The van der Waals surface area contributed by atoms with Crippen LogP contribution in [0.4, 0.5) is 10.1 Å². The molecule has 2 N–H and O–H groups in total. The molecule has 0 saturated carbocycles. The van der Waals surface area contributed by atoms with Crippen LogP contribution in [0.3, 0.4) is 0 Å². The Kier molecular flexibility index (Phi) is 4.70. The van der Waals surface area contributed by atoms with Crippen molar-refractivity contribution in [3.63, 3.8) is 0 Å². The van der Waals surface area contributed by atoms with Crippen LogP contribution in [-0.2, 0) is 17.6 Å². The highest BCUT2D eigenvalue weighted by molar-refractivity contribution is 5.96. The Hall–Kier alpha value is -2.95. The van der Waals surface area contributed by atoms with E-state index in [0.29, 0.717) is 5.69 Å². The van der Waals surface area contributed by atoms with Crippen LogP contribution in [0, 0.1) is 5.82 Å². The third kappa shape index (κ3) is 3.51. The molecule has 5 heteroatoms. The summed E-state index contributed by atoms with van der Waals surface area (Å²) < 4.78 is 13.0. The van der Waals surface area contributed by atoms with Crippen molar-refractivity contribution in [2.45, 2.75) is 19.8 Å². The van der Waals surface area contributed by atoms with E-state index in [2.05, 4.69) is 15.5 Å². The zero-order valence-electron chi connectivity index (χ0n) is 13.3. The molecule has 122 valence electrons. The number of H-pyrrole nitrogens is 1. The lowest BCUT2D eigenvalue weighted by Gasteiger charge is -2.08. The Morgan fingerprint density at radius 1 is 1.12 bits per heavy atom. The minimum atomic E-state index is -0.311. The Morgan fingerprint density at radius 3 is 2.50 bits per heavy atom. The van der Waals surface area contributed by atoms with Gasteiger partial charge in [-0.15, -0.1) is 0 Å². The molecule has 0 radical (unpaired) electrons. The lowest BCUT2D eigenvalue weighted by Crippen LogP contribution is -2.15. The van der Waals surface area contributed by atoms with Gasteiger partial charge in [0.15, 0.2) is 0 Å². The van der Waals surface area contributed by atoms with Crippen molar-refractivity contribution in [3.8, 4) is 11.3 Å². The highest BCUT2D eigenvalue weighted by Gasteiger charge is 2.16. The average Bonchev–Trinajstić information content (AvgIpc) is 3.00. The van der Waals surface area contributed by atoms with Crippen LogP contribution in [-0.4, -0.2) is 16.1 Å². The number of rotatable bonds is 5. The predicted molar refractivity (Wildman–Crippen MR) is 92.1 cm³/mol. The van der Waals surface area contributed by atoms with Gasteiger partial charge in [-0.1, -0.05) is 49.4 Å². The number of amides is 1. The summed E-state index contributed by atoms with van der Waals surface area (Å²) >= 11 is 0. The monoisotopic (exact) mass is 323 g/mol. The number of carbonyl (C=O) groups excluding carboxylic acids is 1. The number of anilines is 1. The number of nitrogens with zero attached hydrogens (tertiary/aromatic N) is 1. The Morgan fingerprint density at radius 2 is 1.83 bits per heavy atom. The molecule has 0 aliphatic heterocycles. The minimum absolute atomic E-state index is 0.158. The maximum absolute atomic E-state index is 13.0. The van der Waals surface area contributed by atoms with Crippen LogP contribution in [0.25, 0.3) is 11.3 Å². The molecular weight excluding hydrogens is 305 g/mol. The van der Waals surface area contributed by atoms with Crippen LogP contribution in [0.2, 0.25) is 0 Å². The normalized spacial score (nSPS) is 10.6. The van der Waals surface area contributed by atoms with E-state index in [4.69, 9.17) is 0 Å². The van der Waals surface area contributed by atoms with Crippen molar-refractivity contribution in [2.75, 3.05) is 5.32 Å². The second kappa shape index (κ2) is 7.08. The number of aromatic nitrogens is 2. The first-order valence-electron chi connectivity index (χ1n) is 7.84. The summed E-state index contributed by atoms with van der Waals surface area (Å²) in [6.45, 7) is 2.00. The standard InChI is InChI=1S/C19H18FN3O/c1-2-16-19(18(23-22-16)14-6-4-3-5-7-14)21-17(24)12-13-8-10-15(20)11-9-13/h3-11H,2,12H2,1H3,(H,21,24)(H,22,23). The van der Waals surface area contributed by atoms with E-state index in [-0.39, 0.29) is 18.1 Å². The molecule has 0 fully saturated rings. The number of carbonyl (C=O) groups is 1. The molecule has 1 amide bonds. The molecule has 0 aliphatic carbocycles. The first kappa shape index (κ1) is 15.9. The fourth-order valence-electron chi connectivity index (χ4n) is 2.54. The fourth-order valence-corrected chi connectivity index (χ4v) is 2.54. The molecule has 0 unspecified atom stereocenters. The molecule has 24 heavy (non-hydrogen) atoms. The van der Waals surface area contributed by atoms with Crippen molar-refractivity contribution < 1.29 is 9.18 Å². The van der Waals surface area contributed by atoms with Gasteiger partial charge in [0.25, 0.3) is 0 Å². The molecule has 3 rings (SSSR count). The zero-order chi connectivity index (χ0) is 16.9. The summed E-state index contributed by atoms with van der Waals surface area (Å²) in [6, 6.07) is 15.6. The van der Waals surface area contributed by atoms with Crippen LogP contribution in [0.15, 0.2) is 54.6 Å². The number of aryl methyl sites for hydroxylation is 1. The third-order valence-electron chi connectivity index (χ3n) is 3.78. The van der Waals surface area contributed by atoms with E-state index in [1.54, 1.807) is 12.1 Å². The lowest BCUT2D eigenvalue weighted by atomic mass is 10.1. The smallest absolute Gasteiger partial charge is 0.228 e. The van der Waals surface area contributed by atoms with Gasteiger partial charge >= 0.3 is 0 Å². The van der Waals surface area contributed by atoms with Crippen LogP contribution in [0.5, 0.6) is 0 Å². The zero-order valence-corrected chi connectivity index (χ0v) is 13.3. The third-order valence-corrected chi connectivity index (χ3v) is 3.78. The van der Waals surface area contributed by atoms with Gasteiger partial charge in [-0.25, -0.2) is 4.39 Å². The van der Waals surface area contributed by atoms with Gasteiger partial charge in [-0.3, -0.25) is 9.89 Å². The lowest BCUT2D eigenvalue weighted by molar-refractivity contribution is -0.115. The van der Waals surface area contributed by atoms with Gasteiger partial charge in [0, 0.05) is 5.56 Å². The van der Waals surface area contributed by atoms with E-state index in [0.717, 1.165) is 28.9 Å². The summed E-state index contributed by atoms with van der Waals surface area (Å²) in [5.41, 5.74) is 4.00. The summed E-state index contributed by atoms with van der Waals surface area (Å²) in [7, 11) is 0. The van der Waals surface area contributed by atoms with Gasteiger partial charge in [-0.2, -0.15) is 5.10 Å². The van der Waals surface area contributed by atoms with Crippen molar-refractivity contribution >= 4 is 11.6 Å². The molecule has 3 aromatic rings. The Bertz CT molecular complexity index is 826. The fraction of sp³-hybridized carbons (Fsp3) is 0.158. The predicted octanol–water partition coefficient (Wildman–Crippen LogP) is 3.96. The van der Waals surface area contributed by atoms with Crippen molar-refractivity contribution in [1.82, 2.24) is 10.2 Å². The van der Waals surface area contributed by atoms with E-state index >= 15 is 0 Å². The second-order valence-electron chi connectivity index (χ2n) is 5.50. The number of benzene rings is 2. The topological polar surface area (TPSA) is 57.8 Å². The Labute approximate surface area is 139 Å². The van der Waals surface area contributed by atoms with Gasteiger partial charge in [-0.05, 0) is 24.1 Å². The second-order valence-corrected chi connectivity index (χ2v) is 5.50. The largest absolute Gasteiger partial charge is 0.322 e. The van der Waals surface area contributed by atoms with Crippen molar-refractivity contribution in [3.05, 3.63) is 71.7 Å². The number of nitrogens with one attached hydrogen (secondary N) is 2. The highest BCUT2D eigenvalue weighted by Crippen LogP contribution is 2.29. The first-order chi connectivity index (χ1) is 11.7. The maximum Gasteiger partial charge on any atom is 0.228 e. The molecule has 0 aliphatic rings. The van der Waals surface area contributed by atoms with Gasteiger partial charge in [0.2, 0.25) is 5.91 Å². The Balaban J connectivity index is 1.82. The molecule has 2 aromatic carbocycles. The van der Waals surface area contributed by atoms with E-state index in [9.17, 15) is 9.18 Å². The molecule has 4 nitrogen and oxygen atoms in total. The minimum Gasteiger partial charge on any atom is -0.322 e. The maximum atomic E-state index is 13.0. The van der Waals surface area contributed by atoms with E-state index in [1.807, 2.05) is 37.3 Å². The van der Waals surface area contributed by atoms with Crippen molar-refractivity contribution in [2.24, 2.45) is 0 Å².